The van der Waals surface area contributed by atoms with E-state index in [9.17, 15) is 14.7 Å². The molecule has 0 radical (unpaired) electrons. The lowest BCUT2D eigenvalue weighted by atomic mass is 10.1. The summed E-state index contributed by atoms with van der Waals surface area (Å²) in [6.45, 7) is 1.45. The maximum Gasteiger partial charge on any atom is 0.344 e. The average molecular weight is 284 g/mol. The number of hydrogen-bond acceptors (Lipinski definition) is 6. The molecule has 20 heavy (non-hydrogen) atoms. The third kappa shape index (κ3) is 3.86. The Morgan fingerprint density at radius 3 is 2.60 bits per heavy atom. The molecule has 0 aliphatic carbocycles. The number of para-hydroxylation sites is 1. The first-order valence-electron chi connectivity index (χ1n) is 5.87. The average Bonchev–Trinajstić information content (AvgIpc) is 2.44. The molecule has 7 heteroatoms. The standard InChI is InChI=1S/C13H16O7/c1-3-19-10(14)7-20-12-8(11(15)13(16)17)5-4-6-9(12)18-2/h4-6,11,15H,3,7H2,1-2H3,(H,16,17). The number of aliphatic hydroxyl groups excluding tert-OH is 1. The molecule has 0 heterocycles. The topological polar surface area (TPSA) is 102 Å². The van der Waals surface area contributed by atoms with E-state index in [1.165, 1.54) is 25.3 Å². The van der Waals surface area contributed by atoms with Crippen LogP contribution in [0.4, 0.5) is 0 Å². The maximum atomic E-state index is 11.3. The Morgan fingerprint density at radius 1 is 1.35 bits per heavy atom. The van der Waals surface area contributed by atoms with Crippen LogP contribution in [0.15, 0.2) is 18.2 Å². The highest BCUT2D eigenvalue weighted by Crippen LogP contribution is 2.35. The molecule has 0 aromatic heterocycles. The van der Waals surface area contributed by atoms with E-state index in [1.54, 1.807) is 6.92 Å². The van der Waals surface area contributed by atoms with Gasteiger partial charge in [-0.3, -0.25) is 0 Å². The third-order valence-electron chi connectivity index (χ3n) is 2.40. The molecule has 0 aliphatic heterocycles. The molecule has 2 N–H and O–H groups in total. The summed E-state index contributed by atoms with van der Waals surface area (Å²) >= 11 is 0. The number of benzene rings is 1. The van der Waals surface area contributed by atoms with Crippen LogP contribution in [0.2, 0.25) is 0 Å². The van der Waals surface area contributed by atoms with Gasteiger partial charge in [0.25, 0.3) is 0 Å². The van der Waals surface area contributed by atoms with Gasteiger partial charge < -0.3 is 24.4 Å². The Balaban J connectivity index is 3.01. The number of methoxy groups -OCH3 is 1. The Kier molecular flexibility index (Phi) is 5.79. The zero-order valence-electron chi connectivity index (χ0n) is 11.2. The number of hydrogen-bond donors (Lipinski definition) is 2. The quantitative estimate of drug-likeness (QED) is 0.712. The highest BCUT2D eigenvalue weighted by Gasteiger charge is 2.23. The number of carbonyl (C=O) groups excluding carboxylic acids is 1. The number of carboxylic acids is 1. The second-order valence-corrected chi connectivity index (χ2v) is 3.71. The van der Waals surface area contributed by atoms with Crippen LogP contribution in [0.25, 0.3) is 0 Å². The predicted molar refractivity (Wildman–Crippen MR) is 67.7 cm³/mol. The minimum absolute atomic E-state index is 0.00106. The molecule has 0 bridgehead atoms. The third-order valence-corrected chi connectivity index (χ3v) is 2.40. The number of aliphatic carboxylic acids is 1. The van der Waals surface area contributed by atoms with Gasteiger partial charge in [-0.1, -0.05) is 12.1 Å². The van der Waals surface area contributed by atoms with Gasteiger partial charge in [0.15, 0.2) is 24.2 Å². The molecule has 0 amide bonds. The number of esters is 1. The van der Waals surface area contributed by atoms with Crippen molar-refractivity contribution in [3.05, 3.63) is 23.8 Å². The summed E-state index contributed by atoms with van der Waals surface area (Å²) < 4.78 is 15.0. The van der Waals surface area contributed by atoms with Gasteiger partial charge in [-0.05, 0) is 13.0 Å². The normalized spacial score (nSPS) is 11.6. The monoisotopic (exact) mass is 284 g/mol. The van der Waals surface area contributed by atoms with Crippen LogP contribution in [0.1, 0.15) is 18.6 Å². The van der Waals surface area contributed by atoms with Gasteiger partial charge in [0, 0.05) is 5.56 Å². The lowest BCUT2D eigenvalue weighted by Gasteiger charge is -2.16. The van der Waals surface area contributed by atoms with Crippen molar-refractivity contribution in [3.63, 3.8) is 0 Å². The van der Waals surface area contributed by atoms with Gasteiger partial charge in [0.05, 0.1) is 13.7 Å². The van der Waals surface area contributed by atoms with Gasteiger partial charge >= 0.3 is 11.9 Å². The second-order valence-electron chi connectivity index (χ2n) is 3.71. The molecule has 0 saturated heterocycles. The SMILES string of the molecule is CCOC(=O)COc1c(OC)cccc1C(O)C(=O)O. The van der Waals surface area contributed by atoms with Crippen LogP contribution >= 0.6 is 0 Å². The van der Waals surface area contributed by atoms with Gasteiger partial charge in [-0.2, -0.15) is 0 Å². The zero-order valence-corrected chi connectivity index (χ0v) is 11.2. The highest BCUT2D eigenvalue weighted by molar-refractivity contribution is 5.76. The van der Waals surface area contributed by atoms with Crippen LogP contribution < -0.4 is 9.47 Å². The predicted octanol–water partition coefficient (Wildman–Crippen LogP) is 0.755. The first-order valence-corrected chi connectivity index (χ1v) is 5.87. The van der Waals surface area contributed by atoms with Crippen LogP contribution in [-0.4, -0.2) is 42.5 Å². The van der Waals surface area contributed by atoms with Crippen LogP contribution in [-0.2, 0) is 14.3 Å². The molecule has 1 rings (SSSR count). The molecule has 1 atom stereocenters. The van der Waals surface area contributed by atoms with Crippen molar-refractivity contribution in [1.29, 1.82) is 0 Å². The molecule has 0 saturated carbocycles. The van der Waals surface area contributed by atoms with Crippen LogP contribution in [0.5, 0.6) is 11.5 Å². The number of rotatable bonds is 7. The first kappa shape index (κ1) is 15.8. The van der Waals surface area contributed by atoms with E-state index in [1.807, 2.05) is 0 Å². The lowest BCUT2D eigenvalue weighted by Crippen LogP contribution is -2.17. The fraction of sp³-hybridized carbons (Fsp3) is 0.385. The van der Waals surface area contributed by atoms with E-state index in [2.05, 4.69) is 0 Å². The summed E-state index contributed by atoms with van der Waals surface area (Å²) in [6.07, 6.45) is -1.78. The fourth-order valence-corrected chi connectivity index (χ4v) is 1.53. The lowest BCUT2D eigenvalue weighted by molar-refractivity contribution is -0.147. The molecular weight excluding hydrogens is 268 g/mol. The van der Waals surface area contributed by atoms with E-state index in [4.69, 9.17) is 19.3 Å². The summed E-state index contributed by atoms with van der Waals surface area (Å²) in [5, 5.41) is 18.5. The van der Waals surface area contributed by atoms with E-state index in [-0.39, 0.29) is 23.7 Å². The molecule has 110 valence electrons. The van der Waals surface area contributed by atoms with Gasteiger partial charge in [0.1, 0.15) is 0 Å². The second kappa shape index (κ2) is 7.34. The molecule has 1 unspecified atom stereocenters. The van der Waals surface area contributed by atoms with Gasteiger partial charge in [-0.25, -0.2) is 9.59 Å². The summed E-state index contributed by atoms with van der Waals surface area (Å²) in [5.74, 6) is -1.82. The van der Waals surface area contributed by atoms with Crippen molar-refractivity contribution < 1.29 is 34.0 Å². The van der Waals surface area contributed by atoms with Crippen molar-refractivity contribution >= 4 is 11.9 Å². The summed E-state index contributed by atoms with van der Waals surface area (Å²) in [4.78, 5) is 22.1. The maximum absolute atomic E-state index is 11.3. The smallest absolute Gasteiger partial charge is 0.344 e. The van der Waals surface area contributed by atoms with Crippen molar-refractivity contribution in [1.82, 2.24) is 0 Å². The van der Waals surface area contributed by atoms with E-state index in [0.717, 1.165) is 0 Å². The highest BCUT2D eigenvalue weighted by atomic mass is 16.6. The molecule has 0 fully saturated rings. The largest absolute Gasteiger partial charge is 0.493 e. The molecule has 1 aromatic carbocycles. The van der Waals surface area contributed by atoms with Crippen molar-refractivity contribution in [2.45, 2.75) is 13.0 Å². The zero-order chi connectivity index (χ0) is 15.1. The Morgan fingerprint density at radius 2 is 2.05 bits per heavy atom. The van der Waals surface area contributed by atoms with Gasteiger partial charge in [-0.15, -0.1) is 0 Å². The van der Waals surface area contributed by atoms with Crippen LogP contribution in [0, 0.1) is 0 Å². The summed E-state index contributed by atoms with van der Waals surface area (Å²) in [5.41, 5.74) is 0.00106. The Labute approximate surface area is 115 Å². The van der Waals surface area contributed by atoms with E-state index >= 15 is 0 Å². The summed E-state index contributed by atoms with van der Waals surface area (Å²) in [7, 11) is 1.36. The van der Waals surface area contributed by atoms with Crippen molar-refractivity contribution in [3.8, 4) is 11.5 Å². The van der Waals surface area contributed by atoms with Crippen LogP contribution in [0.3, 0.4) is 0 Å². The molecule has 7 nitrogen and oxygen atoms in total. The van der Waals surface area contributed by atoms with E-state index in [0.29, 0.717) is 0 Å². The molecular formula is C13H16O7. The fourth-order valence-electron chi connectivity index (χ4n) is 1.53. The molecule has 0 spiro atoms. The number of carbonyl (C=O) groups is 2. The number of aliphatic hydroxyl groups is 1. The van der Waals surface area contributed by atoms with Crippen molar-refractivity contribution in [2.75, 3.05) is 20.3 Å². The minimum atomic E-state index is -1.78. The van der Waals surface area contributed by atoms with Gasteiger partial charge in [0.2, 0.25) is 0 Å². The Hall–Kier alpha value is -2.28. The number of carboxylic acid groups (broad SMARTS) is 1. The molecule has 0 aliphatic rings. The van der Waals surface area contributed by atoms with Crippen molar-refractivity contribution in [2.24, 2.45) is 0 Å². The minimum Gasteiger partial charge on any atom is -0.493 e. The first-order chi connectivity index (χ1) is 9.51. The Bertz CT molecular complexity index is 484. The number of ether oxygens (including phenoxy) is 3. The molecule has 1 aromatic rings. The van der Waals surface area contributed by atoms with E-state index < -0.39 is 24.6 Å². The summed E-state index contributed by atoms with van der Waals surface area (Å²) in [6, 6.07) is 4.41.